The molecule has 3 rings (SSSR count). The van der Waals surface area contributed by atoms with E-state index in [1.54, 1.807) is 12.1 Å². The van der Waals surface area contributed by atoms with E-state index < -0.39 is 0 Å². The molecule has 0 saturated heterocycles. The monoisotopic (exact) mass is 270 g/mol. The van der Waals surface area contributed by atoms with Crippen LogP contribution >= 0.6 is 35.5 Å². The normalized spacial score (nSPS) is 11.1. The molecule has 9 heteroatoms. The quantitative estimate of drug-likeness (QED) is 0.685. The standard InChI is InChI=1S/C7H3ClN6S2/c8-3-1-2-4-5(11-16-10-4)6(3)14-7(15)9-12-13-14/h1-2H,(H,9,13,15). The van der Waals surface area contributed by atoms with Gasteiger partial charge in [-0.1, -0.05) is 21.9 Å². The predicted octanol–water partition coefficient (Wildman–Crippen LogP) is 1.98. The number of nitrogens with zero attached hydrogens (tertiary/aromatic N) is 5. The number of rotatable bonds is 1. The molecule has 0 aliphatic heterocycles. The van der Waals surface area contributed by atoms with Crippen LogP contribution in [0.4, 0.5) is 0 Å². The lowest BCUT2D eigenvalue weighted by atomic mass is 10.2. The van der Waals surface area contributed by atoms with Crippen LogP contribution in [0.5, 0.6) is 0 Å². The summed E-state index contributed by atoms with van der Waals surface area (Å²) in [4.78, 5) is 0. The first-order valence-electron chi connectivity index (χ1n) is 4.18. The van der Waals surface area contributed by atoms with Crippen molar-refractivity contribution in [2.75, 3.05) is 0 Å². The second-order valence-corrected chi connectivity index (χ2v) is 4.25. The first kappa shape index (κ1) is 9.82. The lowest BCUT2D eigenvalue weighted by Crippen LogP contribution is -1.99. The van der Waals surface area contributed by atoms with Crippen LogP contribution in [0.1, 0.15) is 0 Å². The Kier molecular flexibility index (Phi) is 2.20. The molecule has 1 N–H and O–H groups in total. The van der Waals surface area contributed by atoms with Crippen molar-refractivity contribution in [3.63, 3.8) is 0 Å². The van der Waals surface area contributed by atoms with Gasteiger partial charge in [0.25, 0.3) is 0 Å². The van der Waals surface area contributed by atoms with Crippen molar-refractivity contribution in [2.45, 2.75) is 0 Å². The number of aromatic amines is 1. The molecule has 3 aromatic rings. The SMILES string of the molecule is S=c1nn[nH]n1-c1c(Cl)ccc2nsnc12. The van der Waals surface area contributed by atoms with E-state index in [-0.39, 0.29) is 0 Å². The number of hydrogen-bond acceptors (Lipinski definition) is 6. The molecule has 16 heavy (non-hydrogen) atoms. The molecule has 0 saturated carbocycles. The fourth-order valence-corrected chi connectivity index (χ4v) is 2.32. The third-order valence-electron chi connectivity index (χ3n) is 2.05. The van der Waals surface area contributed by atoms with Crippen LogP contribution in [-0.4, -0.2) is 29.0 Å². The average Bonchev–Trinajstić information content (AvgIpc) is 2.87. The van der Waals surface area contributed by atoms with Crippen molar-refractivity contribution >= 4 is 46.6 Å². The molecule has 6 nitrogen and oxygen atoms in total. The van der Waals surface area contributed by atoms with E-state index >= 15 is 0 Å². The highest BCUT2D eigenvalue weighted by Crippen LogP contribution is 2.27. The first-order valence-corrected chi connectivity index (χ1v) is 5.70. The summed E-state index contributed by atoms with van der Waals surface area (Å²) in [5.41, 5.74) is 2.07. The number of benzene rings is 1. The Labute approximate surface area is 103 Å². The second kappa shape index (κ2) is 3.58. The summed E-state index contributed by atoms with van der Waals surface area (Å²) in [6.07, 6.45) is 0. The van der Waals surface area contributed by atoms with E-state index in [4.69, 9.17) is 23.8 Å². The highest BCUT2D eigenvalue weighted by molar-refractivity contribution is 7.71. The van der Waals surface area contributed by atoms with Crippen molar-refractivity contribution in [1.29, 1.82) is 0 Å². The molecule has 0 bridgehead atoms. The molecule has 2 heterocycles. The predicted molar refractivity (Wildman–Crippen MR) is 62.5 cm³/mol. The molecule has 0 atom stereocenters. The minimum Gasteiger partial charge on any atom is -0.206 e. The molecule has 80 valence electrons. The van der Waals surface area contributed by atoms with Gasteiger partial charge in [0, 0.05) is 0 Å². The van der Waals surface area contributed by atoms with Gasteiger partial charge < -0.3 is 0 Å². The Bertz CT molecular complexity index is 713. The molecule has 0 spiro atoms. The average molecular weight is 271 g/mol. The molecule has 0 unspecified atom stereocenters. The van der Waals surface area contributed by atoms with Crippen molar-refractivity contribution < 1.29 is 0 Å². The van der Waals surface area contributed by atoms with Crippen LogP contribution in [0.2, 0.25) is 5.02 Å². The third kappa shape index (κ3) is 1.34. The maximum absolute atomic E-state index is 6.12. The molecular weight excluding hydrogens is 268 g/mol. The molecule has 0 radical (unpaired) electrons. The number of halogens is 1. The molecule has 0 fully saturated rings. The summed E-state index contributed by atoms with van der Waals surface area (Å²) >= 11 is 12.3. The zero-order valence-electron chi connectivity index (χ0n) is 7.59. The Balaban J connectivity index is 2.46. The van der Waals surface area contributed by atoms with Gasteiger partial charge in [0.05, 0.1) is 16.8 Å². The lowest BCUT2D eigenvalue weighted by Gasteiger charge is -2.03. The Hall–Kier alpha value is -1.38. The summed E-state index contributed by atoms with van der Waals surface area (Å²) in [7, 11) is 0. The smallest absolute Gasteiger partial charge is 0.206 e. The number of aromatic nitrogens is 6. The van der Waals surface area contributed by atoms with Gasteiger partial charge in [0.2, 0.25) is 4.77 Å². The first-order chi connectivity index (χ1) is 7.77. The summed E-state index contributed by atoms with van der Waals surface area (Å²) in [6.45, 7) is 0. The number of hydrogen-bond donors (Lipinski definition) is 1. The van der Waals surface area contributed by atoms with Gasteiger partial charge in [-0.2, -0.15) is 14.0 Å². The van der Waals surface area contributed by atoms with Crippen molar-refractivity contribution in [2.24, 2.45) is 0 Å². The Morgan fingerprint density at radius 2 is 2.25 bits per heavy atom. The van der Waals surface area contributed by atoms with Gasteiger partial charge in [0.1, 0.15) is 16.7 Å². The van der Waals surface area contributed by atoms with Crippen LogP contribution in [0.15, 0.2) is 12.1 Å². The van der Waals surface area contributed by atoms with E-state index in [1.807, 2.05) is 0 Å². The number of tetrazole rings is 1. The maximum Gasteiger partial charge on any atom is 0.243 e. The topological polar surface area (TPSA) is 72.3 Å². The van der Waals surface area contributed by atoms with E-state index in [9.17, 15) is 0 Å². The highest BCUT2D eigenvalue weighted by atomic mass is 35.5. The van der Waals surface area contributed by atoms with Crippen molar-refractivity contribution in [3.8, 4) is 5.69 Å². The largest absolute Gasteiger partial charge is 0.243 e. The molecular formula is C7H3ClN6S2. The minimum absolute atomic E-state index is 0.294. The fourth-order valence-electron chi connectivity index (χ4n) is 1.37. The summed E-state index contributed by atoms with van der Waals surface area (Å²) in [5.74, 6) is 0. The Morgan fingerprint density at radius 3 is 3.00 bits per heavy atom. The molecule has 0 amide bonds. The summed E-state index contributed by atoms with van der Waals surface area (Å²) in [5, 5.41) is 10.5. The Morgan fingerprint density at radius 1 is 1.38 bits per heavy atom. The van der Waals surface area contributed by atoms with Crippen LogP contribution in [0, 0.1) is 4.77 Å². The van der Waals surface area contributed by atoms with Gasteiger partial charge in [0.15, 0.2) is 0 Å². The molecule has 0 aliphatic rings. The molecule has 0 aliphatic carbocycles. The van der Waals surface area contributed by atoms with Crippen LogP contribution < -0.4 is 0 Å². The van der Waals surface area contributed by atoms with E-state index in [0.717, 1.165) is 17.2 Å². The number of H-pyrrole nitrogens is 1. The lowest BCUT2D eigenvalue weighted by molar-refractivity contribution is 0.789. The van der Waals surface area contributed by atoms with Crippen LogP contribution in [0.3, 0.4) is 0 Å². The van der Waals surface area contributed by atoms with Crippen molar-refractivity contribution in [3.05, 3.63) is 21.9 Å². The van der Waals surface area contributed by atoms with Crippen LogP contribution in [0.25, 0.3) is 16.7 Å². The number of fused-ring (bicyclic) bond motifs is 1. The summed E-state index contributed by atoms with van der Waals surface area (Å²) < 4.78 is 10.1. The van der Waals surface area contributed by atoms with E-state index in [0.29, 0.717) is 21.0 Å². The van der Waals surface area contributed by atoms with Gasteiger partial charge in [-0.05, 0) is 24.4 Å². The van der Waals surface area contributed by atoms with Gasteiger partial charge in [-0.25, -0.2) is 4.68 Å². The van der Waals surface area contributed by atoms with Gasteiger partial charge in [-0.15, -0.1) is 0 Å². The summed E-state index contributed by atoms with van der Waals surface area (Å²) in [6, 6.07) is 3.54. The van der Waals surface area contributed by atoms with Gasteiger partial charge >= 0.3 is 0 Å². The highest BCUT2D eigenvalue weighted by Gasteiger charge is 2.13. The third-order valence-corrected chi connectivity index (χ3v) is 3.16. The molecule has 2 aromatic heterocycles. The van der Waals surface area contributed by atoms with Crippen LogP contribution in [-0.2, 0) is 0 Å². The van der Waals surface area contributed by atoms with E-state index in [1.165, 1.54) is 4.68 Å². The maximum atomic E-state index is 6.12. The fraction of sp³-hybridized carbons (Fsp3) is 0. The second-order valence-electron chi connectivity index (χ2n) is 2.95. The zero-order chi connectivity index (χ0) is 11.1. The number of nitrogens with one attached hydrogen (secondary N) is 1. The van der Waals surface area contributed by atoms with Crippen molar-refractivity contribution in [1.82, 2.24) is 29.0 Å². The van der Waals surface area contributed by atoms with E-state index in [2.05, 4.69) is 24.3 Å². The van der Waals surface area contributed by atoms with Gasteiger partial charge in [-0.3, -0.25) is 0 Å². The zero-order valence-corrected chi connectivity index (χ0v) is 9.97. The molecule has 1 aromatic carbocycles. The minimum atomic E-state index is 0.294.